The number of hydrogen-bond donors (Lipinski definition) is 1. The molecule has 0 unspecified atom stereocenters. The molecular weight excluding hydrogens is 473 g/mol. The van der Waals surface area contributed by atoms with Crippen molar-refractivity contribution in [2.24, 2.45) is 0 Å². The number of carbonyl (C=O) groups is 2. The summed E-state index contributed by atoms with van der Waals surface area (Å²) in [6.45, 7) is 1.04. The molecule has 1 saturated heterocycles. The summed E-state index contributed by atoms with van der Waals surface area (Å²) < 4.78 is 21.2. The molecule has 1 aliphatic rings. The fourth-order valence-corrected chi connectivity index (χ4v) is 4.61. The van der Waals surface area contributed by atoms with Crippen LogP contribution < -0.4 is 5.32 Å². The summed E-state index contributed by atoms with van der Waals surface area (Å²) >= 11 is 0. The van der Waals surface area contributed by atoms with Crippen LogP contribution in [0.15, 0.2) is 78.9 Å². The normalized spacial score (nSPS) is 16.0. The molecule has 3 aromatic carbocycles. The zero-order chi connectivity index (χ0) is 25.6. The molecule has 1 aromatic heterocycles. The van der Waals surface area contributed by atoms with E-state index in [0.29, 0.717) is 24.2 Å². The van der Waals surface area contributed by atoms with Gasteiger partial charge in [0.05, 0.1) is 11.6 Å². The Labute approximate surface area is 214 Å². The van der Waals surface area contributed by atoms with Crippen molar-refractivity contribution < 1.29 is 18.7 Å². The second-order valence-corrected chi connectivity index (χ2v) is 9.07. The molecule has 1 N–H and O–H groups in total. The maximum absolute atomic E-state index is 13.8. The Balaban J connectivity index is 1.46. The van der Waals surface area contributed by atoms with Crippen molar-refractivity contribution in [2.75, 3.05) is 13.2 Å². The maximum Gasteiger partial charge on any atom is 0.247 e. The zero-order valence-electron chi connectivity index (χ0n) is 20.3. The molecule has 0 saturated carbocycles. The lowest BCUT2D eigenvalue weighted by Gasteiger charge is -2.33. The van der Waals surface area contributed by atoms with Gasteiger partial charge in [-0.3, -0.25) is 9.59 Å². The van der Waals surface area contributed by atoms with Gasteiger partial charge in [0.1, 0.15) is 23.9 Å². The second kappa shape index (κ2) is 11.3. The molecule has 37 heavy (non-hydrogen) atoms. The van der Waals surface area contributed by atoms with E-state index in [1.165, 1.54) is 21.7 Å². The molecule has 1 fully saturated rings. The van der Waals surface area contributed by atoms with Crippen LogP contribution in [-0.4, -0.2) is 51.0 Å². The van der Waals surface area contributed by atoms with Crippen LogP contribution in [0.25, 0.3) is 11.0 Å². The number of nitrogens with one attached hydrogen (secondary N) is 1. The third-order valence-electron chi connectivity index (χ3n) is 6.51. The topological polar surface area (TPSA) is 89.4 Å². The lowest BCUT2D eigenvalue weighted by molar-refractivity contribution is -0.143. The molecule has 0 spiro atoms. The van der Waals surface area contributed by atoms with Crippen molar-refractivity contribution in [1.82, 2.24) is 25.2 Å². The Morgan fingerprint density at radius 1 is 1.05 bits per heavy atom. The molecular formula is C28H28FN5O3. The number of amides is 2. The van der Waals surface area contributed by atoms with Gasteiger partial charge in [-0.25, -0.2) is 9.07 Å². The van der Waals surface area contributed by atoms with Crippen LogP contribution in [0, 0.1) is 5.82 Å². The minimum absolute atomic E-state index is 0.100. The van der Waals surface area contributed by atoms with E-state index in [1.54, 1.807) is 12.1 Å². The number of para-hydroxylation sites is 1. The van der Waals surface area contributed by atoms with Crippen LogP contribution in [0.4, 0.5) is 4.39 Å². The summed E-state index contributed by atoms with van der Waals surface area (Å²) in [5.74, 6) is -1.08. The van der Waals surface area contributed by atoms with E-state index in [9.17, 15) is 14.0 Å². The van der Waals surface area contributed by atoms with Gasteiger partial charge in [0, 0.05) is 19.7 Å². The molecule has 190 valence electrons. The third kappa shape index (κ3) is 5.83. The van der Waals surface area contributed by atoms with E-state index in [0.717, 1.165) is 23.9 Å². The van der Waals surface area contributed by atoms with E-state index in [2.05, 4.69) is 15.6 Å². The monoisotopic (exact) mass is 501 g/mol. The number of benzene rings is 3. The molecule has 2 atom stereocenters. The van der Waals surface area contributed by atoms with E-state index in [4.69, 9.17) is 4.74 Å². The highest BCUT2D eigenvalue weighted by molar-refractivity contribution is 5.89. The van der Waals surface area contributed by atoms with Crippen molar-refractivity contribution in [3.8, 4) is 0 Å². The number of carbonyl (C=O) groups excluding carboxylic acids is 2. The quantitative estimate of drug-likeness (QED) is 0.378. The lowest BCUT2D eigenvalue weighted by atomic mass is 10.0. The first-order valence-corrected chi connectivity index (χ1v) is 12.3. The van der Waals surface area contributed by atoms with Gasteiger partial charge in [-0.1, -0.05) is 59.8 Å². The molecule has 2 heterocycles. The van der Waals surface area contributed by atoms with Crippen LogP contribution in [0.1, 0.15) is 30.0 Å². The summed E-state index contributed by atoms with van der Waals surface area (Å²) in [5, 5.41) is 11.3. The van der Waals surface area contributed by atoms with E-state index < -0.39 is 11.9 Å². The number of ether oxygens (including phenoxy) is 1. The Morgan fingerprint density at radius 3 is 2.57 bits per heavy atom. The van der Waals surface area contributed by atoms with Gasteiger partial charge in [0.25, 0.3) is 0 Å². The number of fused-ring (bicyclic) bond motifs is 1. The summed E-state index contributed by atoms with van der Waals surface area (Å²) in [5.41, 5.74) is 2.85. The number of nitrogens with zero attached hydrogens (tertiary/aromatic N) is 4. The van der Waals surface area contributed by atoms with Crippen LogP contribution in [0.3, 0.4) is 0 Å². The van der Waals surface area contributed by atoms with E-state index in [1.807, 2.05) is 54.6 Å². The van der Waals surface area contributed by atoms with Gasteiger partial charge in [-0.2, -0.15) is 0 Å². The Bertz CT molecular complexity index is 1350. The SMILES string of the molecule is O=C(NCc1ccccc1)[C@@H](c1ccc(F)cc1)N(C[C@@H]1CCCO1)C(=O)Cn1nnc2ccccc21. The van der Waals surface area contributed by atoms with Crippen LogP contribution >= 0.6 is 0 Å². The minimum atomic E-state index is -0.976. The second-order valence-electron chi connectivity index (χ2n) is 9.07. The predicted molar refractivity (Wildman–Crippen MR) is 136 cm³/mol. The highest BCUT2D eigenvalue weighted by atomic mass is 19.1. The summed E-state index contributed by atoms with van der Waals surface area (Å²) in [6, 6.07) is 21.6. The Hall–Kier alpha value is -4.11. The van der Waals surface area contributed by atoms with Crippen LogP contribution in [0.5, 0.6) is 0 Å². The maximum atomic E-state index is 13.8. The van der Waals surface area contributed by atoms with Crippen molar-refractivity contribution in [2.45, 2.75) is 38.1 Å². The first kappa shape index (κ1) is 24.6. The standard InChI is InChI=1S/C28H28FN5O3/c29-22-14-12-21(13-15-22)27(28(36)30-17-20-7-2-1-3-8-20)33(18-23-9-6-16-37-23)26(35)19-34-25-11-5-4-10-24(25)31-32-34/h1-5,7-8,10-15,23,27H,6,9,16-19H2,(H,30,36)/t23-,27+/m0/s1. The molecule has 5 rings (SSSR count). The minimum Gasteiger partial charge on any atom is -0.376 e. The zero-order valence-corrected chi connectivity index (χ0v) is 20.3. The van der Waals surface area contributed by atoms with Crippen LogP contribution in [0.2, 0.25) is 0 Å². The highest BCUT2D eigenvalue weighted by Crippen LogP contribution is 2.26. The lowest BCUT2D eigenvalue weighted by Crippen LogP contribution is -2.47. The molecule has 0 bridgehead atoms. The summed E-state index contributed by atoms with van der Waals surface area (Å²) in [7, 11) is 0. The average Bonchev–Trinajstić information content (AvgIpc) is 3.59. The van der Waals surface area contributed by atoms with Gasteiger partial charge in [-0.15, -0.1) is 5.10 Å². The Kier molecular flexibility index (Phi) is 7.51. The van der Waals surface area contributed by atoms with Crippen molar-refractivity contribution in [3.63, 3.8) is 0 Å². The van der Waals surface area contributed by atoms with Crippen LogP contribution in [-0.2, 0) is 27.4 Å². The molecule has 0 aliphatic carbocycles. The van der Waals surface area contributed by atoms with Crippen molar-refractivity contribution >= 4 is 22.8 Å². The van der Waals surface area contributed by atoms with Gasteiger partial charge < -0.3 is 15.0 Å². The molecule has 8 nitrogen and oxygen atoms in total. The highest BCUT2D eigenvalue weighted by Gasteiger charge is 2.34. The summed E-state index contributed by atoms with van der Waals surface area (Å²) in [4.78, 5) is 29.0. The van der Waals surface area contributed by atoms with E-state index >= 15 is 0 Å². The average molecular weight is 502 g/mol. The van der Waals surface area contributed by atoms with Gasteiger partial charge >= 0.3 is 0 Å². The van der Waals surface area contributed by atoms with Crippen molar-refractivity contribution in [3.05, 3.63) is 95.8 Å². The number of rotatable bonds is 9. The third-order valence-corrected chi connectivity index (χ3v) is 6.51. The predicted octanol–water partition coefficient (Wildman–Crippen LogP) is 3.64. The fraction of sp³-hybridized carbons (Fsp3) is 0.286. The molecule has 4 aromatic rings. The van der Waals surface area contributed by atoms with Gasteiger partial charge in [0.15, 0.2) is 0 Å². The molecule has 1 aliphatic heterocycles. The number of hydrogen-bond acceptors (Lipinski definition) is 5. The smallest absolute Gasteiger partial charge is 0.247 e. The van der Waals surface area contributed by atoms with Gasteiger partial charge in [0.2, 0.25) is 11.8 Å². The molecule has 9 heteroatoms. The van der Waals surface area contributed by atoms with E-state index in [-0.39, 0.29) is 31.0 Å². The molecule has 0 radical (unpaired) electrons. The largest absolute Gasteiger partial charge is 0.376 e. The summed E-state index contributed by atoms with van der Waals surface area (Å²) in [6.07, 6.45) is 1.49. The first-order chi connectivity index (χ1) is 18.1. The number of aromatic nitrogens is 3. The first-order valence-electron chi connectivity index (χ1n) is 12.3. The number of halogens is 1. The fourth-order valence-electron chi connectivity index (χ4n) is 4.61. The van der Waals surface area contributed by atoms with Gasteiger partial charge in [-0.05, 0) is 48.2 Å². The Morgan fingerprint density at radius 2 is 1.81 bits per heavy atom. The van der Waals surface area contributed by atoms with Crippen molar-refractivity contribution in [1.29, 1.82) is 0 Å². The molecule has 2 amide bonds.